The Balaban J connectivity index is 1.34. The molecule has 6 nitrogen and oxygen atoms in total. The number of aromatic nitrogens is 1. The van der Waals surface area contributed by atoms with Gasteiger partial charge < -0.3 is 14.6 Å². The molecule has 0 radical (unpaired) electrons. The number of hydrogen-bond acceptors (Lipinski definition) is 5. The SMILES string of the molecule is CCC(C(=O)N1CCC(NC(=O)c2nc(-c3cccs3)oc2C)CC1)c1ccccc1. The zero-order chi connectivity index (χ0) is 21.8. The first-order chi connectivity index (χ1) is 15.1. The van der Waals surface area contributed by atoms with Crippen molar-refractivity contribution in [3.63, 3.8) is 0 Å². The monoisotopic (exact) mass is 437 g/mol. The third-order valence-corrected chi connectivity index (χ3v) is 6.65. The summed E-state index contributed by atoms with van der Waals surface area (Å²) < 4.78 is 5.68. The number of benzene rings is 1. The lowest BCUT2D eigenvalue weighted by atomic mass is 9.93. The molecule has 1 saturated heterocycles. The van der Waals surface area contributed by atoms with E-state index < -0.39 is 0 Å². The maximum Gasteiger partial charge on any atom is 0.273 e. The van der Waals surface area contributed by atoms with Gasteiger partial charge in [0.25, 0.3) is 5.91 Å². The Kier molecular flexibility index (Phi) is 6.51. The highest BCUT2D eigenvalue weighted by molar-refractivity contribution is 7.13. The highest BCUT2D eigenvalue weighted by Crippen LogP contribution is 2.27. The van der Waals surface area contributed by atoms with E-state index in [0.29, 0.717) is 30.4 Å². The van der Waals surface area contributed by atoms with E-state index in [1.165, 1.54) is 11.3 Å². The molecule has 1 fully saturated rings. The van der Waals surface area contributed by atoms with Crippen molar-refractivity contribution in [2.75, 3.05) is 13.1 Å². The summed E-state index contributed by atoms with van der Waals surface area (Å²) in [5, 5.41) is 5.02. The third-order valence-electron chi connectivity index (χ3n) is 5.79. The molecule has 3 aromatic rings. The van der Waals surface area contributed by atoms with Crippen LogP contribution < -0.4 is 5.32 Å². The van der Waals surface area contributed by atoms with Crippen LogP contribution in [0, 0.1) is 6.92 Å². The first-order valence-corrected chi connectivity index (χ1v) is 11.6. The van der Waals surface area contributed by atoms with Crippen molar-refractivity contribution in [1.29, 1.82) is 0 Å². The minimum atomic E-state index is -0.218. The number of carbonyl (C=O) groups is 2. The van der Waals surface area contributed by atoms with E-state index in [0.717, 1.165) is 29.7 Å². The first kappa shape index (κ1) is 21.3. The summed E-state index contributed by atoms with van der Waals surface area (Å²) >= 11 is 1.53. The second kappa shape index (κ2) is 9.47. The van der Waals surface area contributed by atoms with Crippen LogP contribution in [0.15, 0.2) is 52.3 Å². The maximum atomic E-state index is 13.1. The van der Waals surface area contributed by atoms with Crippen LogP contribution in [0.3, 0.4) is 0 Å². The van der Waals surface area contributed by atoms with E-state index in [1.807, 2.05) is 59.7 Å². The van der Waals surface area contributed by atoms with E-state index in [4.69, 9.17) is 4.42 Å². The maximum absolute atomic E-state index is 13.1. The molecule has 0 saturated carbocycles. The smallest absolute Gasteiger partial charge is 0.273 e. The number of hydrogen-bond donors (Lipinski definition) is 1. The van der Waals surface area contributed by atoms with Crippen LogP contribution in [0.2, 0.25) is 0 Å². The zero-order valence-electron chi connectivity index (χ0n) is 17.8. The van der Waals surface area contributed by atoms with Gasteiger partial charge in [-0.1, -0.05) is 43.3 Å². The van der Waals surface area contributed by atoms with E-state index in [-0.39, 0.29) is 23.8 Å². The minimum absolute atomic E-state index is 0.0228. The second-order valence-corrected chi connectivity index (χ2v) is 8.79. The molecular formula is C24H27N3O3S. The van der Waals surface area contributed by atoms with Crippen molar-refractivity contribution < 1.29 is 14.0 Å². The van der Waals surface area contributed by atoms with E-state index in [9.17, 15) is 9.59 Å². The summed E-state index contributed by atoms with van der Waals surface area (Å²) in [4.78, 5) is 33.0. The normalized spacial score (nSPS) is 15.6. The first-order valence-electron chi connectivity index (χ1n) is 10.7. The molecule has 1 unspecified atom stereocenters. The van der Waals surface area contributed by atoms with Gasteiger partial charge in [0.05, 0.1) is 10.8 Å². The molecule has 1 aliphatic heterocycles. The van der Waals surface area contributed by atoms with Crippen LogP contribution in [0.5, 0.6) is 0 Å². The molecule has 31 heavy (non-hydrogen) atoms. The number of nitrogens with zero attached hydrogens (tertiary/aromatic N) is 2. The summed E-state index contributed by atoms with van der Waals surface area (Å²) in [7, 11) is 0. The molecule has 3 heterocycles. The van der Waals surface area contributed by atoms with Crippen molar-refractivity contribution in [1.82, 2.24) is 15.2 Å². The number of carbonyl (C=O) groups excluding carboxylic acids is 2. The number of piperidine rings is 1. The molecule has 4 rings (SSSR count). The lowest BCUT2D eigenvalue weighted by Crippen LogP contribution is -2.47. The van der Waals surface area contributed by atoms with Gasteiger partial charge in [0, 0.05) is 19.1 Å². The Morgan fingerprint density at radius 1 is 1.19 bits per heavy atom. The number of rotatable bonds is 6. The molecule has 1 atom stereocenters. The van der Waals surface area contributed by atoms with Gasteiger partial charge in [0.2, 0.25) is 11.8 Å². The predicted octanol–water partition coefficient (Wildman–Crippen LogP) is 4.63. The van der Waals surface area contributed by atoms with E-state index in [2.05, 4.69) is 10.3 Å². The minimum Gasteiger partial charge on any atom is -0.440 e. The van der Waals surface area contributed by atoms with Crippen molar-refractivity contribution in [3.8, 4) is 10.8 Å². The molecule has 1 aliphatic rings. The molecular weight excluding hydrogens is 410 g/mol. The van der Waals surface area contributed by atoms with Crippen LogP contribution in [0.4, 0.5) is 0 Å². The lowest BCUT2D eigenvalue weighted by Gasteiger charge is -2.34. The van der Waals surface area contributed by atoms with Crippen molar-refractivity contribution >= 4 is 23.2 Å². The summed E-state index contributed by atoms with van der Waals surface area (Å²) in [5.74, 6) is 0.837. The van der Waals surface area contributed by atoms with Crippen LogP contribution in [0.1, 0.15) is 53.9 Å². The fourth-order valence-corrected chi connectivity index (χ4v) is 4.72. The number of amides is 2. The summed E-state index contributed by atoms with van der Waals surface area (Å²) in [6.45, 7) is 5.10. The van der Waals surface area contributed by atoms with Crippen LogP contribution >= 0.6 is 11.3 Å². The number of nitrogens with one attached hydrogen (secondary N) is 1. The molecule has 0 aliphatic carbocycles. The zero-order valence-corrected chi connectivity index (χ0v) is 18.7. The second-order valence-electron chi connectivity index (χ2n) is 7.85. The third kappa shape index (κ3) is 4.71. The van der Waals surface area contributed by atoms with Gasteiger partial charge in [0.1, 0.15) is 5.76 Å². The fourth-order valence-electron chi connectivity index (χ4n) is 4.07. The predicted molar refractivity (Wildman–Crippen MR) is 121 cm³/mol. The van der Waals surface area contributed by atoms with Gasteiger partial charge in [-0.3, -0.25) is 9.59 Å². The van der Waals surface area contributed by atoms with Crippen LogP contribution in [0.25, 0.3) is 10.8 Å². The molecule has 0 spiro atoms. The Morgan fingerprint density at radius 2 is 1.94 bits per heavy atom. The number of likely N-dealkylation sites (tertiary alicyclic amines) is 1. The van der Waals surface area contributed by atoms with Crippen molar-refractivity contribution in [2.45, 2.75) is 45.1 Å². The van der Waals surface area contributed by atoms with Gasteiger partial charge in [-0.2, -0.15) is 0 Å². The van der Waals surface area contributed by atoms with Gasteiger partial charge in [0.15, 0.2) is 5.69 Å². The van der Waals surface area contributed by atoms with Gasteiger partial charge >= 0.3 is 0 Å². The van der Waals surface area contributed by atoms with E-state index >= 15 is 0 Å². The largest absolute Gasteiger partial charge is 0.440 e. The molecule has 0 bridgehead atoms. The van der Waals surface area contributed by atoms with Gasteiger partial charge in [-0.25, -0.2) is 4.98 Å². The number of aryl methyl sites for hydroxylation is 1. The Labute approximate surface area is 186 Å². The van der Waals surface area contributed by atoms with E-state index in [1.54, 1.807) is 6.92 Å². The molecule has 1 aromatic carbocycles. The summed E-state index contributed by atoms with van der Waals surface area (Å²) in [6.07, 6.45) is 2.24. The molecule has 2 aromatic heterocycles. The highest BCUT2D eigenvalue weighted by atomic mass is 32.1. The van der Waals surface area contributed by atoms with Crippen LogP contribution in [-0.4, -0.2) is 40.8 Å². The molecule has 162 valence electrons. The molecule has 1 N–H and O–H groups in total. The summed E-state index contributed by atoms with van der Waals surface area (Å²) in [6, 6.07) is 13.8. The quantitative estimate of drug-likeness (QED) is 0.610. The fraction of sp³-hybridized carbons (Fsp3) is 0.375. The molecule has 7 heteroatoms. The summed E-state index contributed by atoms with van der Waals surface area (Å²) in [5.41, 5.74) is 1.39. The standard InChI is InChI=1S/C24H27N3O3S/c1-3-19(17-8-5-4-6-9-17)24(29)27-13-11-18(12-14-27)25-22(28)21-16(2)30-23(26-21)20-10-7-15-31-20/h4-10,15,18-19H,3,11-14H2,1-2H3,(H,25,28). The lowest BCUT2D eigenvalue weighted by molar-refractivity contribution is -0.134. The Hall–Kier alpha value is -2.93. The number of thiophene rings is 1. The van der Waals surface area contributed by atoms with Gasteiger partial charge in [-0.05, 0) is 43.2 Å². The molecule has 2 amide bonds. The Morgan fingerprint density at radius 3 is 2.58 bits per heavy atom. The average molecular weight is 438 g/mol. The average Bonchev–Trinajstić information content (AvgIpc) is 3.45. The highest BCUT2D eigenvalue weighted by Gasteiger charge is 2.29. The Bertz CT molecular complexity index is 1020. The number of oxazole rings is 1. The van der Waals surface area contributed by atoms with Crippen molar-refractivity contribution in [2.24, 2.45) is 0 Å². The van der Waals surface area contributed by atoms with Crippen LogP contribution in [-0.2, 0) is 4.79 Å². The topological polar surface area (TPSA) is 75.4 Å². The van der Waals surface area contributed by atoms with Gasteiger partial charge in [-0.15, -0.1) is 11.3 Å². The van der Waals surface area contributed by atoms with Crippen molar-refractivity contribution in [3.05, 3.63) is 64.9 Å².